The molecule has 2 aromatic rings. The first-order chi connectivity index (χ1) is 13.2. The van der Waals surface area contributed by atoms with Gasteiger partial charge in [-0.15, -0.1) is 0 Å². The van der Waals surface area contributed by atoms with E-state index in [0.29, 0.717) is 18.0 Å². The van der Waals surface area contributed by atoms with Gasteiger partial charge in [0.1, 0.15) is 18.8 Å². The van der Waals surface area contributed by atoms with Gasteiger partial charge >= 0.3 is 0 Å². The van der Waals surface area contributed by atoms with Crippen LogP contribution in [0.5, 0.6) is 5.75 Å². The summed E-state index contributed by atoms with van der Waals surface area (Å²) < 4.78 is 5.41. The van der Waals surface area contributed by atoms with Crippen LogP contribution in [-0.4, -0.2) is 44.6 Å². The Morgan fingerprint density at radius 1 is 1.11 bits per heavy atom. The average molecular weight is 366 g/mol. The maximum absolute atomic E-state index is 12.4. The highest BCUT2D eigenvalue weighted by Crippen LogP contribution is 2.31. The number of benzene rings is 2. The number of quaternary nitrogens is 1. The van der Waals surface area contributed by atoms with Gasteiger partial charge in [-0.3, -0.25) is 14.5 Å². The van der Waals surface area contributed by atoms with Gasteiger partial charge < -0.3 is 15.0 Å². The Morgan fingerprint density at radius 3 is 2.78 bits per heavy atom. The molecule has 0 aliphatic carbocycles. The van der Waals surface area contributed by atoms with E-state index in [1.165, 1.54) is 20.9 Å². The van der Waals surface area contributed by atoms with Crippen molar-refractivity contribution < 1.29 is 19.2 Å². The zero-order chi connectivity index (χ0) is 18.6. The minimum Gasteiger partial charge on any atom is -0.482 e. The number of nitrogens with one attached hydrogen (secondary N) is 2. The van der Waals surface area contributed by atoms with E-state index in [-0.39, 0.29) is 25.0 Å². The predicted octanol–water partition coefficient (Wildman–Crippen LogP) is 0.169. The number of nitrogens with zero attached hydrogens (tertiary/aromatic N) is 1. The lowest BCUT2D eigenvalue weighted by atomic mass is 10.00. The summed E-state index contributed by atoms with van der Waals surface area (Å²) in [5.74, 6) is 0.306. The number of ether oxygens (including phenoxy) is 1. The molecular formula is C21H24N3O3+. The summed E-state index contributed by atoms with van der Waals surface area (Å²) in [5.41, 5.74) is 3.50. The van der Waals surface area contributed by atoms with Crippen molar-refractivity contribution in [1.29, 1.82) is 0 Å². The molecule has 0 radical (unpaired) electrons. The van der Waals surface area contributed by atoms with Crippen molar-refractivity contribution in [3.63, 3.8) is 0 Å². The Bertz CT molecular complexity index is 852. The van der Waals surface area contributed by atoms with E-state index < -0.39 is 0 Å². The van der Waals surface area contributed by atoms with E-state index in [1.54, 1.807) is 6.07 Å². The van der Waals surface area contributed by atoms with E-state index in [1.807, 2.05) is 18.2 Å². The molecule has 27 heavy (non-hydrogen) atoms. The molecule has 0 spiro atoms. The number of rotatable bonds is 5. The molecule has 4 rings (SSSR count). The van der Waals surface area contributed by atoms with Crippen molar-refractivity contribution >= 4 is 17.5 Å². The summed E-state index contributed by atoms with van der Waals surface area (Å²) in [5, 5.41) is 2.96. The van der Waals surface area contributed by atoms with Crippen LogP contribution in [0.15, 0.2) is 48.5 Å². The molecule has 2 amide bonds. The summed E-state index contributed by atoms with van der Waals surface area (Å²) in [4.78, 5) is 27.5. The van der Waals surface area contributed by atoms with Crippen molar-refractivity contribution in [2.45, 2.75) is 13.0 Å². The first-order valence-corrected chi connectivity index (χ1v) is 9.40. The number of amides is 2. The molecule has 0 fully saturated rings. The third-order valence-corrected chi connectivity index (χ3v) is 5.22. The minimum absolute atomic E-state index is 0.0252. The summed E-state index contributed by atoms with van der Waals surface area (Å²) in [7, 11) is 0. The molecule has 2 N–H and O–H groups in total. The summed E-state index contributed by atoms with van der Waals surface area (Å²) in [6.45, 7) is 3.58. The molecule has 2 aliphatic rings. The van der Waals surface area contributed by atoms with Crippen LogP contribution in [0.1, 0.15) is 11.1 Å². The van der Waals surface area contributed by atoms with Gasteiger partial charge in [0, 0.05) is 12.0 Å². The third kappa shape index (κ3) is 3.95. The molecule has 0 aromatic heterocycles. The number of anilines is 1. The molecule has 2 heterocycles. The highest BCUT2D eigenvalue weighted by atomic mass is 16.5. The van der Waals surface area contributed by atoms with Gasteiger partial charge in [0.15, 0.2) is 6.61 Å². The number of para-hydroxylation sites is 2. The standard InChI is InChI=1S/C21H23N3O3/c25-20(14-24-18-7-3-4-8-19(18)27-15-21(24)26)22-10-12-23-11-9-16-5-1-2-6-17(16)13-23/h1-8H,9-15H2,(H,22,25)/p+1. The lowest BCUT2D eigenvalue weighted by Gasteiger charge is -2.29. The van der Waals surface area contributed by atoms with Crippen molar-refractivity contribution in [2.75, 3.05) is 37.7 Å². The lowest BCUT2D eigenvalue weighted by molar-refractivity contribution is -0.914. The average Bonchev–Trinajstić information content (AvgIpc) is 2.70. The summed E-state index contributed by atoms with van der Waals surface area (Å²) >= 11 is 0. The second-order valence-corrected chi connectivity index (χ2v) is 7.03. The first-order valence-electron chi connectivity index (χ1n) is 9.40. The molecule has 6 heteroatoms. The molecule has 0 saturated heterocycles. The first kappa shape index (κ1) is 17.5. The van der Waals surface area contributed by atoms with Gasteiger partial charge in [-0.2, -0.15) is 0 Å². The number of carbonyl (C=O) groups excluding carboxylic acids is 2. The van der Waals surface area contributed by atoms with Crippen LogP contribution < -0.4 is 19.9 Å². The summed E-state index contributed by atoms with van der Waals surface area (Å²) in [6.07, 6.45) is 1.08. The Balaban J connectivity index is 1.28. The fourth-order valence-corrected chi connectivity index (χ4v) is 3.76. The Morgan fingerprint density at radius 2 is 1.89 bits per heavy atom. The molecule has 140 valence electrons. The number of hydrogen-bond donors (Lipinski definition) is 2. The van der Waals surface area contributed by atoms with E-state index >= 15 is 0 Å². The number of fused-ring (bicyclic) bond motifs is 2. The molecule has 1 unspecified atom stereocenters. The van der Waals surface area contributed by atoms with Gasteiger partial charge in [0.05, 0.1) is 25.3 Å². The van der Waals surface area contributed by atoms with Crippen LogP contribution in [0, 0.1) is 0 Å². The Labute approximate surface area is 158 Å². The van der Waals surface area contributed by atoms with Gasteiger partial charge in [-0.05, 0) is 17.7 Å². The smallest absolute Gasteiger partial charge is 0.265 e. The van der Waals surface area contributed by atoms with Crippen LogP contribution in [-0.2, 0) is 22.6 Å². The molecule has 1 atom stereocenters. The molecular weight excluding hydrogens is 342 g/mol. The SMILES string of the molecule is O=C(CN1C(=O)COc2ccccc21)NCC[NH+]1CCc2ccccc2C1. The highest BCUT2D eigenvalue weighted by Gasteiger charge is 2.27. The predicted molar refractivity (Wildman–Crippen MR) is 102 cm³/mol. The zero-order valence-corrected chi connectivity index (χ0v) is 15.2. The van der Waals surface area contributed by atoms with Crippen LogP contribution >= 0.6 is 0 Å². The Kier molecular flexibility index (Phi) is 5.07. The number of carbonyl (C=O) groups is 2. The maximum Gasteiger partial charge on any atom is 0.265 e. The molecule has 0 bridgehead atoms. The van der Waals surface area contributed by atoms with Gasteiger partial charge in [-0.25, -0.2) is 0 Å². The van der Waals surface area contributed by atoms with Crippen LogP contribution in [0.3, 0.4) is 0 Å². The minimum atomic E-state index is -0.192. The monoisotopic (exact) mass is 366 g/mol. The largest absolute Gasteiger partial charge is 0.482 e. The quantitative estimate of drug-likeness (QED) is 0.793. The van der Waals surface area contributed by atoms with E-state index in [4.69, 9.17) is 4.74 Å². The zero-order valence-electron chi connectivity index (χ0n) is 15.2. The topological polar surface area (TPSA) is 63.1 Å². The van der Waals surface area contributed by atoms with E-state index in [2.05, 4.69) is 29.6 Å². The highest BCUT2D eigenvalue weighted by molar-refractivity contribution is 6.02. The Hall–Kier alpha value is -2.86. The van der Waals surface area contributed by atoms with Crippen LogP contribution in [0.4, 0.5) is 5.69 Å². The fraction of sp³-hybridized carbons (Fsp3) is 0.333. The van der Waals surface area contributed by atoms with Crippen molar-refractivity contribution in [1.82, 2.24) is 5.32 Å². The fourth-order valence-electron chi connectivity index (χ4n) is 3.76. The normalized spacial score (nSPS) is 18.3. The van der Waals surface area contributed by atoms with Gasteiger partial charge in [0.25, 0.3) is 5.91 Å². The molecule has 2 aromatic carbocycles. The van der Waals surface area contributed by atoms with E-state index in [9.17, 15) is 9.59 Å². The van der Waals surface area contributed by atoms with Crippen molar-refractivity contribution in [2.24, 2.45) is 0 Å². The van der Waals surface area contributed by atoms with Crippen LogP contribution in [0.25, 0.3) is 0 Å². The summed E-state index contributed by atoms with van der Waals surface area (Å²) in [6, 6.07) is 15.9. The van der Waals surface area contributed by atoms with Crippen molar-refractivity contribution in [3.05, 3.63) is 59.7 Å². The van der Waals surface area contributed by atoms with Gasteiger partial charge in [-0.1, -0.05) is 36.4 Å². The molecule has 0 saturated carbocycles. The molecule has 6 nitrogen and oxygen atoms in total. The van der Waals surface area contributed by atoms with Crippen LogP contribution in [0.2, 0.25) is 0 Å². The number of hydrogen-bond acceptors (Lipinski definition) is 3. The van der Waals surface area contributed by atoms with E-state index in [0.717, 1.165) is 26.1 Å². The third-order valence-electron chi connectivity index (χ3n) is 5.22. The maximum atomic E-state index is 12.4. The van der Waals surface area contributed by atoms with Crippen molar-refractivity contribution in [3.8, 4) is 5.75 Å². The molecule has 2 aliphatic heterocycles. The second-order valence-electron chi connectivity index (χ2n) is 7.03. The lowest BCUT2D eigenvalue weighted by Crippen LogP contribution is -3.12. The second kappa shape index (κ2) is 7.80. The van der Waals surface area contributed by atoms with Gasteiger partial charge in [0.2, 0.25) is 5.91 Å².